The van der Waals surface area contributed by atoms with Crippen LogP contribution in [0.25, 0.3) is 0 Å². The highest BCUT2D eigenvalue weighted by atomic mass is 35.5. The Kier molecular flexibility index (Phi) is 9.87. The summed E-state index contributed by atoms with van der Waals surface area (Å²) in [6.07, 6.45) is -1.00. The minimum Gasteiger partial charge on any atom is -0.475 e. The number of carbonyl (C=O) groups is 4. The fourth-order valence-electron chi connectivity index (χ4n) is 3.14. The fourth-order valence-corrected chi connectivity index (χ4v) is 3.70. The minimum atomic E-state index is -5.08. The molecule has 1 aromatic heterocycles. The van der Waals surface area contributed by atoms with Gasteiger partial charge in [-0.05, 0) is 31.1 Å². The van der Waals surface area contributed by atoms with Crippen molar-refractivity contribution in [2.45, 2.75) is 25.1 Å². The lowest BCUT2D eigenvalue weighted by Crippen LogP contribution is -2.49. The maximum atomic E-state index is 12.7. The number of likely N-dealkylation sites (tertiary alicyclic amines) is 1. The number of benzene rings is 1. The van der Waals surface area contributed by atoms with E-state index in [1.54, 1.807) is 23.1 Å². The van der Waals surface area contributed by atoms with Crippen LogP contribution in [0.4, 0.5) is 18.9 Å². The van der Waals surface area contributed by atoms with Gasteiger partial charge < -0.3 is 20.6 Å². The van der Waals surface area contributed by atoms with Crippen molar-refractivity contribution in [1.29, 1.82) is 0 Å². The first kappa shape index (κ1) is 28.7. The number of nitrogens with one attached hydrogen (secondary N) is 3. The van der Waals surface area contributed by atoms with Gasteiger partial charge in [0, 0.05) is 19.1 Å². The third-order valence-corrected chi connectivity index (χ3v) is 5.42. The third-order valence-electron chi connectivity index (χ3n) is 4.79. The van der Waals surface area contributed by atoms with Crippen molar-refractivity contribution in [1.82, 2.24) is 20.4 Å². The van der Waals surface area contributed by atoms with E-state index in [0.29, 0.717) is 13.1 Å². The van der Waals surface area contributed by atoms with Crippen LogP contribution in [0.2, 0.25) is 10.0 Å². The van der Waals surface area contributed by atoms with E-state index in [4.69, 9.17) is 33.1 Å². The molecule has 1 aromatic carbocycles. The van der Waals surface area contributed by atoms with Gasteiger partial charge in [0.2, 0.25) is 5.91 Å². The number of aliphatic carboxylic acids is 1. The lowest BCUT2D eigenvalue weighted by atomic mass is 10.1. The van der Waals surface area contributed by atoms with E-state index in [2.05, 4.69) is 27.4 Å². The first-order chi connectivity index (χ1) is 16.8. The van der Waals surface area contributed by atoms with Gasteiger partial charge in [-0.2, -0.15) is 18.3 Å². The van der Waals surface area contributed by atoms with Gasteiger partial charge >= 0.3 is 12.1 Å². The molecule has 0 radical (unpaired) electrons. The number of rotatable bonds is 5. The van der Waals surface area contributed by atoms with Crippen LogP contribution in [-0.4, -0.2) is 69.2 Å². The number of halogens is 5. The summed E-state index contributed by atoms with van der Waals surface area (Å²) in [6, 6.07) is 4.50. The van der Waals surface area contributed by atoms with Crippen molar-refractivity contribution in [2.24, 2.45) is 0 Å². The Morgan fingerprint density at radius 3 is 2.36 bits per heavy atom. The highest BCUT2D eigenvalue weighted by molar-refractivity contribution is 6.40. The van der Waals surface area contributed by atoms with Crippen LogP contribution < -0.4 is 10.6 Å². The number of anilines is 1. The van der Waals surface area contributed by atoms with E-state index in [1.807, 2.05) is 0 Å². The summed E-state index contributed by atoms with van der Waals surface area (Å²) in [6.45, 7) is 4.50. The molecular formula is C21H20Cl2F3N5O5. The molecule has 10 nitrogen and oxygen atoms in total. The van der Waals surface area contributed by atoms with Crippen LogP contribution in [0.3, 0.4) is 0 Å². The van der Waals surface area contributed by atoms with Crippen molar-refractivity contribution in [2.75, 3.05) is 18.4 Å². The standard InChI is InChI=1S/C19H19Cl2N5O3.C2HF3O2/c1-2-15(27)26-8-4-5-11(10-26)23-19(29)17-14(9-22-25-17)24-18(28)16-12(20)6-3-7-13(16)21;3-2(4,5)1(6)7/h2-3,6-7,9,11H,1,4-5,8,10H2,(H,22,25)(H,23,29)(H,24,28);(H,6,7)/t11-;/m0./s1. The highest BCUT2D eigenvalue weighted by Gasteiger charge is 2.38. The van der Waals surface area contributed by atoms with Crippen molar-refractivity contribution in [3.63, 3.8) is 0 Å². The molecule has 0 saturated carbocycles. The van der Waals surface area contributed by atoms with Gasteiger partial charge in [0.15, 0.2) is 0 Å². The molecule has 0 bridgehead atoms. The van der Waals surface area contributed by atoms with Gasteiger partial charge in [0.05, 0.1) is 27.5 Å². The van der Waals surface area contributed by atoms with Gasteiger partial charge in [0.1, 0.15) is 5.69 Å². The van der Waals surface area contributed by atoms with Crippen LogP contribution in [0, 0.1) is 0 Å². The molecule has 194 valence electrons. The number of carboxylic acids is 1. The molecular weight excluding hydrogens is 530 g/mol. The Bertz CT molecular complexity index is 1130. The molecule has 3 rings (SSSR count). The zero-order chi connectivity index (χ0) is 27.0. The van der Waals surface area contributed by atoms with Gasteiger partial charge in [-0.3, -0.25) is 19.5 Å². The van der Waals surface area contributed by atoms with Crippen molar-refractivity contribution in [3.05, 3.63) is 58.4 Å². The Morgan fingerprint density at radius 1 is 1.19 bits per heavy atom. The molecule has 0 aliphatic carbocycles. The number of H-pyrrole nitrogens is 1. The second-order valence-corrected chi connectivity index (χ2v) is 8.13. The summed E-state index contributed by atoms with van der Waals surface area (Å²) in [4.78, 5) is 47.6. The second kappa shape index (κ2) is 12.4. The quantitative estimate of drug-likeness (QED) is 0.420. The Labute approximate surface area is 212 Å². The Hall–Kier alpha value is -3.58. The molecule has 0 spiro atoms. The van der Waals surface area contributed by atoms with Crippen LogP contribution in [0.5, 0.6) is 0 Å². The van der Waals surface area contributed by atoms with Crippen LogP contribution in [-0.2, 0) is 9.59 Å². The topological polar surface area (TPSA) is 144 Å². The molecule has 1 aliphatic rings. The van der Waals surface area contributed by atoms with Crippen molar-refractivity contribution >= 4 is 52.6 Å². The molecule has 2 aromatic rings. The molecule has 1 fully saturated rings. The van der Waals surface area contributed by atoms with Gasteiger partial charge in [0.25, 0.3) is 11.8 Å². The lowest BCUT2D eigenvalue weighted by Gasteiger charge is -2.32. The van der Waals surface area contributed by atoms with Crippen LogP contribution in [0.15, 0.2) is 37.1 Å². The molecule has 1 aliphatic heterocycles. The zero-order valence-electron chi connectivity index (χ0n) is 18.4. The molecule has 0 unspecified atom stereocenters. The van der Waals surface area contributed by atoms with E-state index in [1.165, 1.54) is 12.3 Å². The molecule has 4 N–H and O–H groups in total. The van der Waals surface area contributed by atoms with Gasteiger partial charge in [-0.15, -0.1) is 0 Å². The van der Waals surface area contributed by atoms with Crippen LogP contribution >= 0.6 is 23.2 Å². The number of hydrogen-bond donors (Lipinski definition) is 4. The van der Waals surface area contributed by atoms with E-state index in [0.717, 1.165) is 12.8 Å². The number of amides is 3. The average molecular weight is 550 g/mol. The molecule has 2 heterocycles. The highest BCUT2D eigenvalue weighted by Crippen LogP contribution is 2.26. The molecule has 1 atom stereocenters. The first-order valence-corrected chi connectivity index (χ1v) is 10.9. The van der Waals surface area contributed by atoms with Crippen LogP contribution in [0.1, 0.15) is 33.7 Å². The number of carboxylic acid groups (broad SMARTS) is 1. The van der Waals surface area contributed by atoms with E-state index in [9.17, 15) is 27.6 Å². The minimum absolute atomic E-state index is 0.0914. The fraction of sp³-hybridized carbons (Fsp3) is 0.286. The second-order valence-electron chi connectivity index (χ2n) is 7.31. The van der Waals surface area contributed by atoms with E-state index >= 15 is 0 Å². The lowest BCUT2D eigenvalue weighted by molar-refractivity contribution is -0.192. The van der Waals surface area contributed by atoms with E-state index in [-0.39, 0.29) is 38.9 Å². The van der Waals surface area contributed by atoms with Crippen molar-refractivity contribution in [3.8, 4) is 0 Å². The van der Waals surface area contributed by atoms with Crippen molar-refractivity contribution < 1.29 is 37.5 Å². The summed E-state index contributed by atoms with van der Waals surface area (Å²) < 4.78 is 31.7. The number of hydrogen-bond acceptors (Lipinski definition) is 5. The molecule has 1 saturated heterocycles. The third kappa shape index (κ3) is 7.71. The number of carbonyl (C=O) groups excluding carboxylic acids is 3. The van der Waals surface area contributed by atoms with Gasteiger partial charge in [-0.25, -0.2) is 4.79 Å². The number of aromatic nitrogens is 2. The SMILES string of the molecule is C=CC(=O)N1CCC[C@H](NC(=O)c2[nH]ncc2NC(=O)c2c(Cl)cccc2Cl)C1.O=C(O)C(F)(F)F. The molecule has 36 heavy (non-hydrogen) atoms. The number of aromatic amines is 1. The summed E-state index contributed by atoms with van der Waals surface area (Å²) in [7, 11) is 0. The Balaban J connectivity index is 0.000000572. The summed E-state index contributed by atoms with van der Waals surface area (Å²) in [5.41, 5.74) is 0.390. The predicted molar refractivity (Wildman–Crippen MR) is 124 cm³/mol. The maximum Gasteiger partial charge on any atom is 0.490 e. The normalized spacial score (nSPS) is 15.2. The summed E-state index contributed by atoms with van der Waals surface area (Å²) >= 11 is 12.1. The monoisotopic (exact) mass is 549 g/mol. The predicted octanol–water partition coefficient (Wildman–Crippen LogP) is 3.51. The number of piperidine rings is 1. The summed E-state index contributed by atoms with van der Waals surface area (Å²) in [5.74, 6) is -3.93. The zero-order valence-corrected chi connectivity index (χ0v) is 19.9. The average Bonchev–Trinajstić information content (AvgIpc) is 3.26. The largest absolute Gasteiger partial charge is 0.490 e. The maximum absolute atomic E-state index is 12.7. The summed E-state index contributed by atoms with van der Waals surface area (Å²) in [5, 5.41) is 19.4. The molecule has 3 amide bonds. The first-order valence-electron chi connectivity index (χ1n) is 10.2. The van der Waals surface area contributed by atoms with Gasteiger partial charge in [-0.1, -0.05) is 35.8 Å². The smallest absolute Gasteiger partial charge is 0.475 e. The van der Waals surface area contributed by atoms with E-state index < -0.39 is 24.0 Å². The Morgan fingerprint density at radius 2 is 1.81 bits per heavy atom. The number of nitrogens with zero attached hydrogens (tertiary/aromatic N) is 2. The number of alkyl halides is 3. The molecule has 15 heteroatoms.